The van der Waals surface area contributed by atoms with Crippen LogP contribution < -0.4 is 5.73 Å². The Morgan fingerprint density at radius 3 is 2.52 bits per heavy atom. The molecule has 4 heteroatoms. The van der Waals surface area contributed by atoms with Crippen LogP contribution in [0.15, 0.2) is 30.3 Å². The lowest BCUT2D eigenvalue weighted by Gasteiger charge is -2.24. The largest absolute Gasteiger partial charge is 0.342 e. The van der Waals surface area contributed by atoms with Crippen molar-refractivity contribution in [2.75, 3.05) is 19.6 Å². The number of benzene rings is 1. The fourth-order valence-corrected chi connectivity index (χ4v) is 3.01. The highest BCUT2D eigenvalue weighted by Gasteiger charge is 2.28. The first-order valence-corrected chi connectivity index (χ1v) is 7.64. The maximum absolute atomic E-state index is 12.5. The molecule has 0 radical (unpaired) electrons. The molecule has 3 nitrogen and oxygen atoms in total. The van der Waals surface area contributed by atoms with Crippen molar-refractivity contribution in [3.8, 4) is 0 Å². The molecule has 1 aliphatic heterocycles. The third-order valence-corrected chi connectivity index (χ3v) is 4.40. The molecule has 1 fully saturated rings. The molecule has 1 amide bonds. The van der Waals surface area contributed by atoms with Crippen molar-refractivity contribution in [3.63, 3.8) is 0 Å². The summed E-state index contributed by atoms with van der Waals surface area (Å²) in [5.41, 5.74) is 6.97. The molecule has 0 aliphatic carbocycles. The number of rotatable bonds is 5. The van der Waals surface area contributed by atoms with E-state index in [2.05, 4.69) is 38.1 Å². The van der Waals surface area contributed by atoms with Crippen molar-refractivity contribution >= 4 is 18.3 Å². The summed E-state index contributed by atoms with van der Waals surface area (Å²) in [4.78, 5) is 14.5. The van der Waals surface area contributed by atoms with Crippen LogP contribution in [-0.2, 0) is 4.79 Å². The van der Waals surface area contributed by atoms with Gasteiger partial charge in [-0.05, 0) is 36.3 Å². The van der Waals surface area contributed by atoms with Gasteiger partial charge in [0.25, 0.3) is 0 Å². The molecule has 0 bridgehead atoms. The standard InChI is InChI=1S/C17H26N2O.ClH/c1-13(2)16(15-6-4-3-5-7-15)10-17(20)19-9-8-14(11-18)12-19;/h3-7,13-14,16H,8-12,18H2,1-2H3;1H. The molecule has 1 heterocycles. The quantitative estimate of drug-likeness (QED) is 0.908. The maximum atomic E-state index is 12.5. The number of hydrogen-bond acceptors (Lipinski definition) is 2. The van der Waals surface area contributed by atoms with Gasteiger partial charge in [0.2, 0.25) is 5.91 Å². The molecule has 0 saturated carbocycles. The van der Waals surface area contributed by atoms with E-state index in [1.54, 1.807) is 0 Å². The van der Waals surface area contributed by atoms with Gasteiger partial charge in [-0.15, -0.1) is 12.4 Å². The molecule has 1 aliphatic rings. The van der Waals surface area contributed by atoms with Gasteiger partial charge in [-0.2, -0.15) is 0 Å². The van der Waals surface area contributed by atoms with E-state index in [4.69, 9.17) is 5.73 Å². The molecule has 0 aromatic heterocycles. The molecule has 1 saturated heterocycles. The Balaban J connectivity index is 0.00000220. The van der Waals surface area contributed by atoms with E-state index < -0.39 is 0 Å². The molecule has 2 N–H and O–H groups in total. The number of halogens is 1. The molecule has 2 rings (SSSR count). The topological polar surface area (TPSA) is 46.3 Å². The number of carbonyl (C=O) groups excluding carboxylic acids is 1. The van der Waals surface area contributed by atoms with Crippen LogP contribution in [0.4, 0.5) is 0 Å². The summed E-state index contributed by atoms with van der Waals surface area (Å²) in [5.74, 6) is 1.55. The fraction of sp³-hybridized carbons (Fsp3) is 0.588. The van der Waals surface area contributed by atoms with Crippen LogP contribution in [0.1, 0.15) is 38.2 Å². The fourth-order valence-electron chi connectivity index (χ4n) is 3.01. The molecule has 1 aromatic rings. The minimum absolute atomic E-state index is 0. The van der Waals surface area contributed by atoms with E-state index in [1.165, 1.54) is 5.56 Å². The minimum atomic E-state index is 0. The van der Waals surface area contributed by atoms with E-state index in [9.17, 15) is 4.79 Å². The number of nitrogens with zero attached hydrogens (tertiary/aromatic N) is 1. The van der Waals surface area contributed by atoms with Crippen molar-refractivity contribution in [1.82, 2.24) is 4.90 Å². The Kier molecular flexibility index (Phi) is 7.20. The first-order chi connectivity index (χ1) is 9.61. The Morgan fingerprint density at radius 2 is 2.00 bits per heavy atom. The third-order valence-electron chi connectivity index (χ3n) is 4.40. The number of carbonyl (C=O) groups is 1. The molecule has 118 valence electrons. The van der Waals surface area contributed by atoms with E-state index in [0.29, 0.717) is 30.7 Å². The van der Waals surface area contributed by atoms with Gasteiger partial charge in [-0.3, -0.25) is 4.79 Å². The van der Waals surface area contributed by atoms with Crippen molar-refractivity contribution in [3.05, 3.63) is 35.9 Å². The minimum Gasteiger partial charge on any atom is -0.342 e. The first-order valence-electron chi connectivity index (χ1n) is 7.64. The van der Waals surface area contributed by atoms with Crippen LogP contribution in [0.25, 0.3) is 0 Å². The van der Waals surface area contributed by atoms with Crippen LogP contribution in [-0.4, -0.2) is 30.4 Å². The summed E-state index contributed by atoms with van der Waals surface area (Å²) < 4.78 is 0. The van der Waals surface area contributed by atoms with Crippen LogP contribution in [0.5, 0.6) is 0 Å². The van der Waals surface area contributed by atoms with Crippen LogP contribution in [0, 0.1) is 11.8 Å². The van der Waals surface area contributed by atoms with Crippen molar-refractivity contribution in [2.45, 2.75) is 32.6 Å². The molecular formula is C17H27ClN2O. The monoisotopic (exact) mass is 310 g/mol. The Bertz CT molecular complexity index is 436. The van der Waals surface area contributed by atoms with E-state index >= 15 is 0 Å². The Labute approximate surface area is 134 Å². The summed E-state index contributed by atoms with van der Waals surface area (Å²) in [7, 11) is 0. The lowest BCUT2D eigenvalue weighted by molar-refractivity contribution is -0.130. The third kappa shape index (κ3) is 4.72. The predicted octanol–water partition coefficient (Wildman–Crippen LogP) is 3.05. The van der Waals surface area contributed by atoms with Crippen LogP contribution in [0.3, 0.4) is 0 Å². The lowest BCUT2D eigenvalue weighted by Crippen LogP contribution is -2.31. The summed E-state index contributed by atoms with van der Waals surface area (Å²) >= 11 is 0. The van der Waals surface area contributed by atoms with Gasteiger partial charge < -0.3 is 10.6 Å². The average Bonchev–Trinajstić information content (AvgIpc) is 2.94. The molecule has 2 unspecified atom stereocenters. The second kappa shape index (κ2) is 8.40. The van der Waals surface area contributed by atoms with E-state index in [1.807, 2.05) is 11.0 Å². The smallest absolute Gasteiger partial charge is 0.223 e. The normalized spacial score (nSPS) is 19.4. The number of nitrogens with two attached hydrogens (primary N) is 1. The number of likely N-dealkylation sites (tertiary alicyclic amines) is 1. The molecular weight excluding hydrogens is 284 g/mol. The second-order valence-corrected chi connectivity index (χ2v) is 6.20. The number of amides is 1. The average molecular weight is 311 g/mol. The number of hydrogen-bond donors (Lipinski definition) is 1. The Morgan fingerprint density at radius 1 is 1.33 bits per heavy atom. The van der Waals surface area contributed by atoms with Crippen LogP contribution >= 0.6 is 12.4 Å². The zero-order chi connectivity index (χ0) is 14.5. The maximum Gasteiger partial charge on any atom is 0.223 e. The summed E-state index contributed by atoms with van der Waals surface area (Å²) in [6, 6.07) is 10.4. The molecule has 2 atom stereocenters. The summed E-state index contributed by atoms with van der Waals surface area (Å²) in [6.07, 6.45) is 1.67. The summed E-state index contributed by atoms with van der Waals surface area (Å²) in [5, 5.41) is 0. The highest BCUT2D eigenvalue weighted by molar-refractivity contribution is 5.85. The first kappa shape index (κ1) is 18.0. The van der Waals surface area contributed by atoms with Gasteiger partial charge in [-0.1, -0.05) is 44.2 Å². The van der Waals surface area contributed by atoms with Gasteiger partial charge in [0.15, 0.2) is 0 Å². The molecule has 0 spiro atoms. The van der Waals surface area contributed by atoms with E-state index in [-0.39, 0.29) is 18.3 Å². The predicted molar refractivity (Wildman–Crippen MR) is 89.6 cm³/mol. The molecule has 1 aromatic carbocycles. The summed E-state index contributed by atoms with van der Waals surface area (Å²) in [6.45, 7) is 6.79. The van der Waals surface area contributed by atoms with Gasteiger partial charge in [0, 0.05) is 19.5 Å². The van der Waals surface area contributed by atoms with Gasteiger partial charge in [0.05, 0.1) is 0 Å². The van der Waals surface area contributed by atoms with Gasteiger partial charge >= 0.3 is 0 Å². The molecule has 21 heavy (non-hydrogen) atoms. The zero-order valence-electron chi connectivity index (χ0n) is 13.0. The van der Waals surface area contributed by atoms with Gasteiger partial charge in [-0.25, -0.2) is 0 Å². The zero-order valence-corrected chi connectivity index (χ0v) is 13.8. The SMILES string of the molecule is CC(C)C(CC(=O)N1CCC(CN)C1)c1ccccc1.Cl. The lowest BCUT2D eigenvalue weighted by atomic mass is 9.85. The second-order valence-electron chi connectivity index (χ2n) is 6.20. The van der Waals surface area contributed by atoms with Crippen molar-refractivity contribution < 1.29 is 4.79 Å². The van der Waals surface area contributed by atoms with Crippen LogP contribution in [0.2, 0.25) is 0 Å². The van der Waals surface area contributed by atoms with Crippen molar-refractivity contribution in [2.24, 2.45) is 17.6 Å². The highest BCUT2D eigenvalue weighted by Crippen LogP contribution is 2.29. The van der Waals surface area contributed by atoms with E-state index in [0.717, 1.165) is 19.5 Å². The highest BCUT2D eigenvalue weighted by atomic mass is 35.5. The van der Waals surface area contributed by atoms with Gasteiger partial charge in [0.1, 0.15) is 0 Å². The van der Waals surface area contributed by atoms with Crippen molar-refractivity contribution in [1.29, 1.82) is 0 Å². The Hall–Kier alpha value is -1.06.